The van der Waals surface area contributed by atoms with E-state index >= 15 is 0 Å². The Morgan fingerprint density at radius 1 is 1.03 bits per heavy atom. The minimum atomic E-state index is -4.49. The van der Waals surface area contributed by atoms with Gasteiger partial charge in [-0.1, -0.05) is 30.3 Å². The van der Waals surface area contributed by atoms with Crippen molar-refractivity contribution in [3.05, 3.63) is 66.0 Å². The van der Waals surface area contributed by atoms with Gasteiger partial charge in [-0.15, -0.1) is 15.3 Å². The summed E-state index contributed by atoms with van der Waals surface area (Å²) in [6.45, 7) is 0. The van der Waals surface area contributed by atoms with Gasteiger partial charge in [0.25, 0.3) is 22.0 Å². The molecule has 13 nitrogen and oxygen atoms in total. The first-order valence-electron chi connectivity index (χ1n) is 9.34. The van der Waals surface area contributed by atoms with E-state index < -0.39 is 38.5 Å². The van der Waals surface area contributed by atoms with Crippen molar-refractivity contribution in [3.8, 4) is 5.75 Å². The van der Waals surface area contributed by atoms with Crippen molar-refractivity contribution in [2.45, 2.75) is 4.90 Å². The summed E-state index contributed by atoms with van der Waals surface area (Å²) in [5.41, 5.74) is -0.250. The van der Waals surface area contributed by atoms with E-state index in [0.717, 1.165) is 12.1 Å². The van der Waals surface area contributed by atoms with E-state index in [1.54, 1.807) is 24.3 Å². The van der Waals surface area contributed by atoms with Crippen LogP contribution in [-0.2, 0) is 10.1 Å². The topological polar surface area (TPSA) is 207 Å². The molecule has 0 aliphatic carbocycles. The molecule has 4 aromatic rings. The van der Waals surface area contributed by atoms with Gasteiger partial charge in [-0.2, -0.15) is 13.4 Å². The number of anilines is 1. The molecule has 0 aliphatic heterocycles. The van der Waals surface area contributed by atoms with E-state index in [-0.39, 0.29) is 22.9 Å². The summed E-state index contributed by atoms with van der Waals surface area (Å²) in [5, 5.41) is 36.5. The number of rotatable bonds is 6. The number of fused-ring (bicyclic) bond motifs is 1. The first-order valence-corrected chi connectivity index (χ1v) is 10.8. The molecule has 1 amide bonds. The number of benzene rings is 3. The van der Waals surface area contributed by atoms with Gasteiger partial charge in [0.1, 0.15) is 5.69 Å². The third-order valence-corrected chi connectivity index (χ3v) is 5.39. The summed E-state index contributed by atoms with van der Waals surface area (Å²) in [4.78, 5) is 27.0. The van der Waals surface area contributed by atoms with Crippen LogP contribution >= 0.6 is 0 Å². The first kappa shape index (κ1) is 22.5. The van der Waals surface area contributed by atoms with Gasteiger partial charge in [0.2, 0.25) is 5.82 Å². The number of aromatic amines is 1. The molecule has 14 heteroatoms. The lowest BCUT2D eigenvalue weighted by Crippen LogP contribution is -2.12. The summed E-state index contributed by atoms with van der Waals surface area (Å²) in [7, 11) is -4.49. The highest BCUT2D eigenvalue weighted by Gasteiger charge is 2.20. The van der Waals surface area contributed by atoms with Crippen molar-refractivity contribution >= 4 is 50.1 Å². The molecule has 0 saturated heterocycles. The van der Waals surface area contributed by atoms with Gasteiger partial charge in [-0.25, -0.2) is 4.79 Å². The molecular weight excluding hydrogens is 468 g/mol. The zero-order valence-corrected chi connectivity index (χ0v) is 17.7. The Morgan fingerprint density at radius 2 is 1.79 bits per heavy atom. The number of phenolic OH excluding ortho intramolecular Hbond substituents is 1. The number of carbonyl (C=O) groups excluding carboxylic acids is 1. The number of carboxylic acids is 1. The molecule has 0 saturated carbocycles. The van der Waals surface area contributed by atoms with Crippen LogP contribution in [0.2, 0.25) is 0 Å². The van der Waals surface area contributed by atoms with Crippen molar-refractivity contribution in [1.29, 1.82) is 0 Å². The number of carbonyl (C=O) groups is 2. The Balaban J connectivity index is 1.74. The number of nitrogens with one attached hydrogen (secondary N) is 2. The standard InChI is InChI=1S/C20H14N6O7S/c27-16-14(18(28)21-11-5-3-6-12(9-11)34(31,32)33)8-10-4-1-2-7-13(10)15(16)23-25-20-22-17(19(29)30)24-26-20/h1-9,27H,(H,21,28)(H,29,30)(H,22,24,26)(H,31,32,33). The molecule has 0 radical (unpaired) electrons. The predicted octanol–water partition coefficient (Wildman–Crippen LogP) is 3.28. The summed E-state index contributed by atoms with van der Waals surface area (Å²) in [6, 6.07) is 13.0. The Bertz CT molecular complexity index is 1580. The molecule has 1 heterocycles. The maximum Gasteiger partial charge on any atom is 0.373 e. The highest BCUT2D eigenvalue weighted by molar-refractivity contribution is 7.85. The van der Waals surface area contributed by atoms with E-state index in [1.807, 2.05) is 0 Å². The van der Waals surface area contributed by atoms with Crippen LogP contribution in [0.5, 0.6) is 5.75 Å². The predicted molar refractivity (Wildman–Crippen MR) is 117 cm³/mol. The second-order valence-corrected chi connectivity index (χ2v) is 8.21. The molecule has 0 aliphatic rings. The SMILES string of the molecule is O=C(O)c1nc(N=Nc2c(O)c(C(=O)Nc3cccc(S(=O)(=O)O)c3)cc3ccccc23)n[nH]1. The maximum atomic E-state index is 12.9. The van der Waals surface area contributed by atoms with Crippen molar-refractivity contribution in [1.82, 2.24) is 15.2 Å². The molecule has 4 rings (SSSR count). The Labute approximate surface area is 190 Å². The lowest BCUT2D eigenvalue weighted by Gasteiger charge is -2.11. The van der Waals surface area contributed by atoms with Crippen molar-refractivity contribution in [2.24, 2.45) is 10.2 Å². The number of phenols is 1. The van der Waals surface area contributed by atoms with E-state index in [1.165, 1.54) is 18.2 Å². The fourth-order valence-electron chi connectivity index (χ4n) is 3.01. The van der Waals surface area contributed by atoms with E-state index in [4.69, 9.17) is 5.11 Å². The summed E-state index contributed by atoms with van der Waals surface area (Å²) >= 11 is 0. The van der Waals surface area contributed by atoms with Gasteiger partial charge in [0.15, 0.2) is 5.75 Å². The molecule has 3 aromatic carbocycles. The van der Waals surface area contributed by atoms with Gasteiger partial charge >= 0.3 is 5.97 Å². The minimum absolute atomic E-state index is 0.0535. The molecule has 0 spiro atoms. The average molecular weight is 482 g/mol. The molecule has 0 unspecified atom stereocenters. The zero-order valence-electron chi connectivity index (χ0n) is 16.9. The fraction of sp³-hybridized carbons (Fsp3) is 0. The van der Waals surface area contributed by atoms with E-state index in [9.17, 15) is 27.7 Å². The Kier molecular flexibility index (Phi) is 5.75. The van der Waals surface area contributed by atoms with Crippen LogP contribution in [0, 0.1) is 0 Å². The molecular formula is C20H14N6O7S. The quantitative estimate of drug-likeness (QED) is 0.201. The van der Waals surface area contributed by atoms with Crippen LogP contribution in [0.1, 0.15) is 21.0 Å². The van der Waals surface area contributed by atoms with Crippen LogP contribution < -0.4 is 5.32 Å². The number of carboxylic acid groups (broad SMARTS) is 1. The Morgan fingerprint density at radius 3 is 2.50 bits per heavy atom. The highest BCUT2D eigenvalue weighted by atomic mass is 32.2. The number of azo groups is 1. The normalized spacial score (nSPS) is 11.7. The van der Waals surface area contributed by atoms with Crippen molar-refractivity contribution in [2.75, 3.05) is 5.32 Å². The number of hydrogen-bond acceptors (Lipinski definition) is 9. The second kappa shape index (κ2) is 8.68. The third-order valence-electron chi connectivity index (χ3n) is 4.55. The smallest absolute Gasteiger partial charge is 0.373 e. The monoisotopic (exact) mass is 482 g/mol. The first-order chi connectivity index (χ1) is 16.1. The van der Waals surface area contributed by atoms with Crippen LogP contribution in [0.3, 0.4) is 0 Å². The maximum absolute atomic E-state index is 12.9. The minimum Gasteiger partial charge on any atom is -0.505 e. The van der Waals surface area contributed by atoms with Gasteiger partial charge < -0.3 is 15.5 Å². The second-order valence-electron chi connectivity index (χ2n) is 6.79. The molecule has 0 fully saturated rings. The van der Waals surface area contributed by atoms with Gasteiger partial charge in [-0.3, -0.25) is 14.4 Å². The number of hydrogen-bond donors (Lipinski definition) is 5. The number of H-pyrrole nitrogens is 1. The average Bonchev–Trinajstić information content (AvgIpc) is 3.27. The van der Waals surface area contributed by atoms with Gasteiger partial charge in [0, 0.05) is 11.1 Å². The fourth-order valence-corrected chi connectivity index (χ4v) is 3.54. The number of aromatic carboxylic acids is 1. The zero-order chi connectivity index (χ0) is 24.5. The van der Waals surface area contributed by atoms with Crippen LogP contribution in [0.15, 0.2) is 69.7 Å². The number of aromatic nitrogens is 3. The molecule has 0 atom stereocenters. The molecule has 1 aromatic heterocycles. The summed E-state index contributed by atoms with van der Waals surface area (Å²) in [6.07, 6.45) is 0. The largest absolute Gasteiger partial charge is 0.505 e. The number of aromatic hydroxyl groups is 1. The molecule has 172 valence electrons. The van der Waals surface area contributed by atoms with Crippen LogP contribution in [0.25, 0.3) is 10.8 Å². The van der Waals surface area contributed by atoms with E-state index in [2.05, 4.69) is 30.7 Å². The molecule has 0 bridgehead atoms. The summed E-state index contributed by atoms with van der Waals surface area (Å²) < 4.78 is 31.9. The summed E-state index contributed by atoms with van der Waals surface area (Å²) in [5.74, 6) is -3.45. The molecule has 5 N–H and O–H groups in total. The Hall–Kier alpha value is -4.69. The highest BCUT2D eigenvalue weighted by Crippen LogP contribution is 2.39. The van der Waals surface area contributed by atoms with E-state index in [0.29, 0.717) is 10.8 Å². The van der Waals surface area contributed by atoms with Crippen LogP contribution in [0.4, 0.5) is 17.3 Å². The van der Waals surface area contributed by atoms with Gasteiger partial charge in [-0.05, 0) is 29.7 Å². The van der Waals surface area contributed by atoms with Crippen molar-refractivity contribution < 1.29 is 32.8 Å². The molecule has 34 heavy (non-hydrogen) atoms. The van der Waals surface area contributed by atoms with Crippen molar-refractivity contribution in [3.63, 3.8) is 0 Å². The van der Waals surface area contributed by atoms with Gasteiger partial charge in [0.05, 0.1) is 10.5 Å². The van der Waals surface area contributed by atoms with Crippen LogP contribution in [-0.4, -0.2) is 50.2 Å². The lowest BCUT2D eigenvalue weighted by molar-refractivity contribution is 0.0684. The number of nitrogens with zero attached hydrogens (tertiary/aromatic N) is 4. The lowest BCUT2D eigenvalue weighted by atomic mass is 10.0. The number of amides is 1. The third kappa shape index (κ3) is 4.57.